The molecule has 1 aliphatic rings. The van der Waals surface area contributed by atoms with Crippen molar-refractivity contribution >= 4 is 33.3 Å². The van der Waals surface area contributed by atoms with E-state index in [-0.39, 0.29) is 12.0 Å². The van der Waals surface area contributed by atoms with Gasteiger partial charge < -0.3 is 15.8 Å². The van der Waals surface area contributed by atoms with Crippen LogP contribution in [0.4, 0.5) is 5.82 Å². The van der Waals surface area contributed by atoms with Gasteiger partial charge in [0.1, 0.15) is 23.1 Å². The number of fused-ring (bicyclic) bond motifs is 1. The van der Waals surface area contributed by atoms with E-state index in [9.17, 15) is 4.79 Å². The molecule has 0 aliphatic carbocycles. The number of nitrogens with zero attached hydrogens (tertiary/aromatic N) is 2. The Morgan fingerprint density at radius 1 is 1.52 bits per heavy atom. The van der Waals surface area contributed by atoms with Gasteiger partial charge in [-0.25, -0.2) is 9.97 Å². The highest BCUT2D eigenvalue weighted by molar-refractivity contribution is 7.18. The monoisotopic (exact) mass is 306 g/mol. The highest BCUT2D eigenvalue weighted by atomic mass is 32.1. The molecule has 3 heterocycles. The lowest BCUT2D eigenvalue weighted by Crippen LogP contribution is -2.30. The lowest BCUT2D eigenvalue weighted by Gasteiger charge is -2.13. The van der Waals surface area contributed by atoms with Gasteiger partial charge >= 0.3 is 0 Å². The molecule has 6 nitrogen and oxygen atoms in total. The van der Waals surface area contributed by atoms with Crippen LogP contribution in [-0.2, 0) is 16.0 Å². The van der Waals surface area contributed by atoms with Crippen LogP contribution >= 0.6 is 11.3 Å². The van der Waals surface area contributed by atoms with Gasteiger partial charge in [-0.3, -0.25) is 4.79 Å². The molecular formula is C14H18N4O2S. The topological polar surface area (TPSA) is 90.1 Å². The van der Waals surface area contributed by atoms with Crippen LogP contribution in [0.5, 0.6) is 0 Å². The molecule has 0 saturated carbocycles. The van der Waals surface area contributed by atoms with Crippen molar-refractivity contribution in [1.29, 1.82) is 0 Å². The minimum absolute atomic E-state index is 0.00297. The van der Waals surface area contributed by atoms with Crippen molar-refractivity contribution in [2.45, 2.75) is 38.4 Å². The van der Waals surface area contributed by atoms with Crippen molar-refractivity contribution in [2.24, 2.45) is 5.73 Å². The Labute approximate surface area is 126 Å². The molecular weight excluding hydrogens is 288 g/mol. The Morgan fingerprint density at radius 2 is 2.38 bits per heavy atom. The number of carbonyl (C=O) groups excluding carboxylic acids is 1. The van der Waals surface area contributed by atoms with Crippen LogP contribution in [0.3, 0.4) is 0 Å². The maximum absolute atomic E-state index is 11.1. The van der Waals surface area contributed by atoms with Crippen molar-refractivity contribution in [1.82, 2.24) is 9.97 Å². The molecule has 2 aromatic rings. The third kappa shape index (κ3) is 2.98. The first-order valence-corrected chi connectivity index (χ1v) is 7.91. The maximum atomic E-state index is 11.1. The summed E-state index contributed by atoms with van der Waals surface area (Å²) in [4.78, 5) is 22.0. The molecule has 7 heteroatoms. The number of thiophene rings is 1. The number of rotatable bonds is 5. The van der Waals surface area contributed by atoms with Crippen molar-refractivity contribution in [2.75, 3.05) is 11.9 Å². The molecule has 1 fully saturated rings. The van der Waals surface area contributed by atoms with Crippen molar-refractivity contribution < 1.29 is 9.53 Å². The third-order valence-corrected chi connectivity index (χ3v) is 4.84. The number of hydrogen-bond donors (Lipinski definition) is 2. The summed E-state index contributed by atoms with van der Waals surface area (Å²) < 4.78 is 5.61. The summed E-state index contributed by atoms with van der Waals surface area (Å²) in [6.45, 7) is 2.74. The molecule has 2 unspecified atom stereocenters. The molecule has 2 aromatic heterocycles. The van der Waals surface area contributed by atoms with E-state index in [4.69, 9.17) is 10.5 Å². The molecule has 3 N–H and O–H groups in total. The average Bonchev–Trinajstić information content (AvgIpc) is 3.11. The van der Waals surface area contributed by atoms with Crippen LogP contribution in [0.1, 0.15) is 24.6 Å². The highest BCUT2D eigenvalue weighted by Gasteiger charge is 2.29. The van der Waals surface area contributed by atoms with Crippen LogP contribution in [-0.4, -0.2) is 34.6 Å². The maximum Gasteiger partial charge on any atom is 0.246 e. The Hall–Kier alpha value is -1.73. The molecule has 21 heavy (non-hydrogen) atoms. The summed E-state index contributed by atoms with van der Waals surface area (Å²) in [6, 6.07) is 2.13. The second-order valence-corrected chi connectivity index (χ2v) is 6.23. The summed E-state index contributed by atoms with van der Waals surface area (Å²) >= 11 is 1.69. The molecule has 0 spiro atoms. The van der Waals surface area contributed by atoms with Gasteiger partial charge in [0.2, 0.25) is 5.91 Å². The molecule has 0 radical (unpaired) electrons. The van der Waals surface area contributed by atoms with E-state index in [0.717, 1.165) is 28.9 Å². The number of aryl methyl sites for hydroxylation is 1. The van der Waals surface area contributed by atoms with Crippen molar-refractivity contribution in [3.05, 3.63) is 17.3 Å². The minimum atomic E-state index is -0.449. The summed E-state index contributed by atoms with van der Waals surface area (Å²) in [5, 5.41) is 4.35. The summed E-state index contributed by atoms with van der Waals surface area (Å²) in [7, 11) is 0. The quantitative estimate of drug-likeness (QED) is 0.877. The number of ether oxygens (including phenoxy) is 1. The van der Waals surface area contributed by atoms with Gasteiger partial charge in [0, 0.05) is 11.4 Å². The Kier molecular flexibility index (Phi) is 4.03. The number of amides is 1. The molecule has 0 aromatic carbocycles. The molecule has 0 bridgehead atoms. The fourth-order valence-corrected chi connectivity index (χ4v) is 3.43. The fourth-order valence-electron chi connectivity index (χ4n) is 2.50. The lowest BCUT2D eigenvalue weighted by atomic mass is 10.2. The van der Waals surface area contributed by atoms with Gasteiger partial charge in [0.15, 0.2) is 0 Å². The minimum Gasteiger partial charge on any atom is -0.367 e. The molecule has 2 atom stereocenters. The zero-order valence-electron chi connectivity index (χ0n) is 11.8. The number of primary amides is 1. The van der Waals surface area contributed by atoms with Crippen LogP contribution in [0.15, 0.2) is 12.4 Å². The van der Waals surface area contributed by atoms with E-state index >= 15 is 0 Å². The zero-order valence-corrected chi connectivity index (χ0v) is 12.7. The average molecular weight is 306 g/mol. The number of hydrogen-bond acceptors (Lipinski definition) is 6. The lowest BCUT2D eigenvalue weighted by molar-refractivity contribution is -0.128. The standard InChI is InChI=1S/C14H18N4O2S/c1-2-9-5-10-13(17-7-18-14(10)21-9)16-6-8-3-4-11(20-8)12(15)19/h5,7-8,11H,2-4,6H2,1H3,(H2,15,19)(H,16,17,18). The van der Waals surface area contributed by atoms with E-state index < -0.39 is 6.10 Å². The number of aromatic nitrogens is 2. The first kappa shape index (κ1) is 14.2. The van der Waals surface area contributed by atoms with E-state index in [1.807, 2.05) is 0 Å². The fraction of sp³-hybridized carbons (Fsp3) is 0.500. The molecule has 1 aliphatic heterocycles. The van der Waals surface area contributed by atoms with E-state index in [1.165, 1.54) is 4.88 Å². The van der Waals surface area contributed by atoms with Crippen LogP contribution in [0.25, 0.3) is 10.2 Å². The van der Waals surface area contributed by atoms with E-state index in [2.05, 4.69) is 28.3 Å². The summed E-state index contributed by atoms with van der Waals surface area (Å²) in [6.07, 6.45) is 3.64. The van der Waals surface area contributed by atoms with E-state index in [0.29, 0.717) is 13.0 Å². The molecule has 112 valence electrons. The van der Waals surface area contributed by atoms with Crippen LogP contribution in [0.2, 0.25) is 0 Å². The van der Waals surface area contributed by atoms with Gasteiger partial charge in [0.25, 0.3) is 0 Å². The van der Waals surface area contributed by atoms with Gasteiger partial charge in [-0.1, -0.05) is 6.92 Å². The molecule has 1 amide bonds. The number of anilines is 1. The van der Waals surface area contributed by atoms with Crippen molar-refractivity contribution in [3.8, 4) is 0 Å². The number of nitrogens with one attached hydrogen (secondary N) is 1. The normalized spacial score (nSPS) is 21.8. The van der Waals surface area contributed by atoms with Crippen LogP contribution in [0, 0.1) is 0 Å². The van der Waals surface area contributed by atoms with Crippen molar-refractivity contribution in [3.63, 3.8) is 0 Å². The Morgan fingerprint density at radius 3 is 3.10 bits per heavy atom. The largest absolute Gasteiger partial charge is 0.367 e. The predicted molar refractivity (Wildman–Crippen MR) is 82.4 cm³/mol. The van der Waals surface area contributed by atoms with Gasteiger partial charge in [0.05, 0.1) is 11.5 Å². The Balaban J connectivity index is 1.68. The third-order valence-electron chi connectivity index (χ3n) is 3.65. The number of carbonyl (C=O) groups is 1. The SMILES string of the molecule is CCc1cc2c(NCC3CCC(C(N)=O)O3)ncnc2s1. The summed E-state index contributed by atoms with van der Waals surface area (Å²) in [5.74, 6) is 0.439. The second-order valence-electron chi connectivity index (χ2n) is 5.11. The smallest absolute Gasteiger partial charge is 0.246 e. The van der Waals surface area contributed by atoms with Crippen LogP contribution < -0.4 is 11.1 Å². The predicted octanol–water partition coefficient (Wildman–Crippen LogP) is 1.70. The first-order chi connectivity index (χ1) is 10.2. The van der Waals surface area contributed by atoms with Gasteiger partial charge in [-0.2, -0.15) is 0 Å². The van der Waals surface area contributed by atoms with E-state index in [1.54, 1.807) is 17.7 Å². The first-order valence-electron chi connectivity index (χ1n) is 7.09. The van der Waals surface area contributed by atoms with Gasteiger partial charge in [-0.05, 0) is 25.3 Å². The molecule has 3 rings (SSSR count). The Bertz CT molecular complexity index is 657. The zero-order chi connectivity index (χ0) is 14.8. The molecule has 1 saturated heterocycles. The second kappa shape index (κ2) is 5.95. The summed E-state index contributed by atoms with van der Waals surface area (Å²) in [5.41, 5.74) is 5.26. The number of nitrogens with two attached hydrogens (primary N) is 1. The highest BCUT2D eigenvalue weighted by Crippen LogP contribution is 2.29. The van der Waals surface area contributed by atoms with Gasteiger partial charge in [-0.15, -0.1) is 11.3 Å².